The molecule has 2 heterocycles. The molecule has 2 unspecified atom stereocenters. The average molecular weight is 340 g/mol. The molecule has 0 spiro atoms. The summed E-state index contributed by atoms with van der Waals surface area (Å²) in [6.07, 6.45) is 4.61. The number of carbonyl (C=O) groups excluding carboxylic acids is 2. The maximum Gasteiger partial charge on any atom is 0.257 e. The molecule has 2 amide bonds. The molecule has 1 saturated heterocycles. The predicted molar refractivity (Wildman–Crippen MR) is 95.0 cm³/mol. The molecular weight excluding hydrogens is 316 g/mol. The molecule has 1 aliphatic heterocycles. The number of benzene rings is 1. The molecule has 0 saturated carbocycles. The van der Waals surface area contributed by atoms with E-state index >= 15 is 0 Å². The lowest BCUT2D eigenvalue weighted by Crippen LogP contribution is -2.46. The summed E-state index contributed by atoms with van der Waals surface area (Å²) in [5.41, 5.74) is 1.65. The van der Waals surface area contributed by atoms with Crippen molar-refractivity contribution in [3.05, 3.63) is 60.1 Å². The van der Waals surface area contributed by atoms with Crippen molar-refractivity contribution in [3.8, 4) is 0 Å². The zero-order chi connectivity index (χ0) is 17.8. The number of rotatable bonds is 4. The Morgan fingerprint density at radius 3 is 2.68 bits per heavy atom. The Bertz CT molecular complexity index is 712. The number of carbonyl (C=O) groups is 2. The van der Waals surface area contributed by atoms with Crippen LogP contribution in [-0.4, -0.2) is 41.8 Å². The van der Waals surface area contributed by atoms with Crippen molar-refractivity contribution in [1.29, 1.82) is 0 Å². The summed E-state index contributed by atoms with van der Waals surface area (Å²) in [7, 11) is 1.84. The quantitative estimate of drug-likeness (QED) is 0.858. The van der Waals surface area contributed by atoms with Crippen LogP contribution in [0.4, 0.5) is 0 Å². The van der Waals surface area contributed by atoms with E-state index in [1.165, 1.54) is 12.5 Å². The van der Waals surface area contributed by atoms with E-state index in [1.807, 2.05) is 44.3 Å². The molecule has 5 nitrogen and oxygen atoms in total. The summed E-state index contributed by atoms with van der Waals surface area (Å²) in [5.74, 6) is -0.119. The third-order valence-electron chi connectivity index (χ3n) is 5.04. The molecular formula is C20H24N2O3. The Morgan fingerprint density at radius 2 is 2.00 bits per heavy atom. The van der Waals surface area contributed by atoms with E-state index in [9.17, 15) is 9.59 Å². The van der Waals surface area contributed by atoms with E-state index in [0.717, 1.165) is 18.4 Å². The number of piperidine rings is 1. The highest BCUT2D eigenvalue weighted by atomic mass is 16.3. The van der Waals surface area contributed by atoms with E-state index in [2.05, 4.69) is 0 Å². The zero-order valence-corrected chi connectivity index (χ0v) is 14.7. The fourth-order valence-electron chi connectivity index (χ4n) is 3.37. The number of furan rings is 1. The summed E-state index contributed by atoms with van der Waals surface area (Å²) >= 11 is 0. The van der Waals surface area contributed by atoms with E-state index in [-0.39, 0.29) is 23.8 Å². The van der Waals surface area contributed by atoms with Gasteiger partial charge in [-0.15, -0.1) is 0 Å². The topological polar surface area (TPSA) is 53.8 Å². The van der Waals surface area contributed by atoms with Crippen LogP contribution in [-0.2, 0) is 4.79 Å². The number of hydrogen-bond acceptors (Lipinski definition) is 3. The Balaban J connectivity index is 1.66. The van der Waals surface area contributed by atoms with Gasteiger partial charge < -0.3 is 14.2 Å². The molecule has 1 aromatic carbocycles. The second-order valence-corrected chi connectivity index (χ2v) is 6.64. The van der Waals surface area contributed by atoms with E-state index in [0.29, 0.717) is 18.7 Å². The van der Waals surface area contributed by atoms with Gasteiger partial charge in [-0.1, -0.05) is 30.3 Å². The van der Waals surface area contributed by atoms with Gasteiger partial charge in [0.2, 0.25) is 5.91 Å². The monoisotopic (exact) mass is 340 g/mol. The molecule has 1 aromatic heterocycles. The molecule has 0 N–H and O–H groups in total. The van der Waals surface area contributed by atoms with Gasteiger partial charge in [-0.2, -0.15) is 0 Å². The van der Waals surface area contributed by atoms with Crippen LogP contribution in [0.15, 0.2) is 53.3 Å². The van der Waals surface area contributed by atoms with Gasteiger partial charge in [-0.3, -0.25) is 9.59 Å². The highest BCUT2D eigenvalue weighted by Crippen LogP contribution is 2.25. The largest absolute Gasteiger partial charge is 0.472 e. The van der Waals surface area contributed by atoms with Crippen molar-refractivity contribution in [3.63, 3.8) is 0 Å². The van der Waals surface area contributed by atoms with Crippen LogP contribution >= 0.6 is 0 Å². The van der Waals surface area contributed by atoms with Crippen LogP contribution in [0.2, 0.25) is 0 Å². The van der Waals surface area contributed by atoms with E-state index in [4.69, 9.17) is 4.42 Å². The lowest BCUT2D eigenvalue weighted by Gasteiger charge is -2.35. The van der Waals surface area contributed by atoms with Crippen molar-refractivity contribution in [2.24, 2.45) is 5.92 Å². The van der Waals surface area contributed by atoms with Crippen LogP contribution < -0.4 is 0 Å². The van der Waals surface area contributed by atoms with Gasteiger partial charge in [0.15, 0.2) is 0 Å². The fourth-order valence-corrected chi connectivity index (χ4v) is 3.37. The minimum Gasteiger partial charge on any atom is -0.472 e. The van der Waals surface area contributed by atoms with Crippen LogP contribution in [0.25, 0.3) is 0 Å². The van der Waals surface area contributed by atoms with Crippen LogP contribution in [0.3, 0.4) is 0 Å². The van der Waals surface area contributed by atoms with Gasteiger partial charge in [-0.25, -0.2) is 0 Å². The Morgan fingerprint density at radius 1 is 1.24 bits per heavy atom. The normalized spacial score (nSPS) is 18.6. The number of likely N-dealkylation sites (tertiary alicyclic amines) is 1. The molecule has 0 aliphatic carbocycles. The molecule has 3 rings (SSSR count). The summed E-state index contributed by atoms with van der Waals surface area (Å²) in [6, 6.07) is 11.7. The molecule has 132 valence electrons. The highest BCUT2D eigenvalue weighted by Gasteiger charge is 2.32. The molecule has 0 bridgehead atoms. The molecule has 1 fully saturated rings. The summed E-state index contributed by atoms with van der Waals surface area (Å²) in [5, 5.41) is 0. The fraction of sp³-hybridized carbons (Fsp3) is 0.400. The van der Waals surface area contributed by atoms with E-state index in [1.54, 1.807) is 15.9 Å². The number of hydrogen-bond donors (Lipinski definition) is 0. The minimum atomic E-state index is -0.152. The molecule has 1 aliphatic rings. The maximum atomic E-state index is 12.9. The van der Waals surface area contributed by atoms with Gasteiger partial charge in [0, 0.05) is 20.1 Å². The number of amides is 2. The smallest absolute Gasteiger partial charge is 0.257 e. The maximum absolute atomic E-state index is 12.9. The summed E-state index contributed by atoms with van der Waals surface area (Å²) in [6.45, 7) is 3.19. The van der Waals surface area contributed by atoms with Crippen molar-refractivity contribution < 1.29 is 14.0 Å². The first-order valence-electron chi connectivity index (χ1n) is 8.71. The second-order valence-electron chi connectivity index (χ2n) is 6.64. The lowest BCUT2D eigenvalue weighted by atomic mass is 9.95. The van der Waals surface area contributed by atoms with Crippen molar-refractivity contribution in [1.82, 2.24) is 9.80 Å². The number of nitrogens with zero attached hydrogens (tertiary/aromatic N) is 2. The standard InChI is InChI=1S/C20H24N2O3/c1-15(16-7-4-3-5-8-16)21(2)19(23)17-9-6-11-22(13-17)20(24)18-10-12-25-14-18/h3-5,7-8,10,12,14-15,17H,6,9,11,13H2,1-2H3. The summed E-state index contributed by atoms with van der Waals surface area (Å²) < 4.78 is 5.00. The molecule has 0 radical (unpaired) electrons. The Hall–Kier alpha value is -2.56. The average Bonchev–Trinajstić information content (AvgIpc) is 3.21. The van der Waals surface area contributed by atoms with Crippen molar-refractivity contribution in [2.75, 3.05) is 20.1 Å². The molecule has 25 heavy (non-hydrogen) atoms. The first-order chi connectivity index (χ1) is 12.1. The van der Waals surface area contributed by atoms with Crippen molar-refractivity contribution >= 4 is 11.8 Å². The van der Waals surface area contributed by atoms with Gasteiger partial charge in [-0.05, 0) is 31.4 Å². The Labute approximate surface area is 148 Å². The SMILES string of the molecule is CC(c1ccccc1)N(C)C(=O)C1CCCN(C(=O)c2ccoc2)C1. The van der Waals surface area contributed by atoms with Crippen LogP contribution in [0.1, 0.15) is 41.7 Å². The molecule has 2 atom stereocenters. The third kappa shape index (κ3) is 3.76. The van der Waals surface area contributed by atoms with Crippen LogP contribution in [0, 0.1) is 5.92 Å². The lowest BCUT2D eigenvalue weighted by molar-refractivity contribution is -0.137. The first kappa shape index (κ1) is 17.3. The predicted octanol–water partition coefficient (Wildman–Crippen LogP) is 3.35. The van der Waals surface area contributed by atoms with Gasteiger partial charge >= 0.3 is 0 Å². The highest BCUT2D eigenvalue weighted by molar-refractivity contribution is 5.94. The third-order valence-corrected chi connectivity index (χ3v) is 5.04. The van der Waals surface area contributed by atoms with Crippen LogP contribution in [0.5, 0.6) is 0 Å². The Kier molecular flexibility index (Phi) is 5.22. The zero-order valence-electron chi connectivity index (χ0n) is 14.7. The second kappa shape index (κ2) is 7.55. The molecule has 2 aromatic rings. The summed E-state index contributed by atoms with van der Waals surface area (Å²) in [4.78, 5) is 29.0. The van der Waals surface area contributed by atoms with Gasteiger partial charge in [0.1, 0.15) is 6.26 Å². The van der Waals surface area contributed by atoms with Gasteiger partial charge in [0.05, 0.1) is 23.8 Å². The minimum absolute atomic E-state index is 0.00801. The first-order valence-corrected chi connectivity index (χ1v) is 8.71. The van der Waals surface area contributed by atoms with Crippen molar-refractivity contribution in [2.45, 2.75) is 25.8 Å². The molecule has 5 heteroatoms. The van der Waals surface area contributed by atoms with E-state index < -0.39 is 0 Å². The van der Waals surface area contributed by atoms with Gasteiger partial charge in [0.25, 0.3) is 5.91 Å².